The van der Waals surface area contributed by atoms with Crippen LogP contribution in [0.3, 0.4) is 0 Å². The highest BCUT2D eigenvalue weighted by Gasteiger charge is 2.46. The van der Waals surface area contributed by atoms with E-state index in [1.165, 1.54) is 0 Å². The highest BCUT2D eigenvalue weighted by Crippen LogP contribution is 2.40. The molecule has 2 N–H and O–H groups in total. The summed E-state index contributed by atoms with van der Waals surface area (Å²) in [4.78, 5) is 30.8. The summed E-state index contributed by atoms with van der Waals surface area (Å²) < 4.78 is 17.2. The van der Waals surface area contributed by atoms with E-state index in [-0.39, 0.29) is 41.6 Å². The molecule has 2 amide bonds. The van der Waals surface area contributed by atoms with Crippen molar-refractivity contribution in [2.75, 3.05) is 26.8 Å². The maximum atomic E-state index is 14.2. The number of nitrogens with zero attached hydrogens (tertiary/aromatic N) is 2. The van der Waals surface area contributed by atoms with Gasteiger partial charge in [-0.3, -0.25) is 10.1 Å². The number of hydrogen-bond donors (Lipinski definition) is 2. The normalized spacial score (nSPS) is 18.4. The van der Waals surface area contributed by atoms with Gasteiger partial charge in [0.2, 0.25) is 0 Å². The van der Waals surface area contributed by atoms with E-state index in [0.717, 1.165) is 16.7 Å². The van der Waals surface area contributed by atoms with Crippen LogP contribution in [0.5, 0.6) is 0 Å². The highest BCUT2D eigenvalue weighted by atomic mass is 16.6. The van der Waals surface area contributed by atoms with Crippen LogP contribution >= 0.6 is 0 Å². The Labute approximate surface area is 264 Å². The average molecular weight is 612 g/mol. The van der Waals surface area contributed by atoms with E-state index in [2.05, 4.69) is 29.6 Å². The number of alkyl carbamates (subject to hydrolysis) is 1. The summed E-state index contributed by atoms with van der Waals surface area (Å²) in [6.45, 7) is 6.47. The van der Waals surface area contributed by atoms with E-state index in [1.807, 2.05) is 71.6 Å². The molecule has 5 rings (SSSR count). The molecule has 1 saturated heterocycles. The number of piperazine rings is 1. The number of hydrogen-bond acceptors (Lipinski definition) is 7. The molecule has 0 bridgehead atoms. The summed E-state index contributed by atoms with van der Waals surface area (Å²) in [5.74, 6) is -0.424. The van der Waals surface area contributed by atoms with Gasteiger partial charge >= 0.3 is 6.09 Å². The molecule has 0 aromatic heterocycles. The maximum Gasteiger partial charge on any atom is 0.412 e. The molecule has 2 heterocycles. The molecule has 2 aliphatic heterocycles. The fourth-order valence-corrected chi connectivity index (χ4v) is 5.73. The van der Waals surface area contributed by atoms with Gasteiger partial charge in [0.15, 0.2) is 11.9 Å². The Bertz CT molecular complexity index is 1480. The minimum atomic E-state index is -1.42. The molecular formula is C36H41N3O6. The van der Waals surface area contributed by atoms with Crippen LogP contribution in [0.25, 0.3) is 0 Å². The molecule has 0 aliphatic carbocycles. The second kappa shape index (κ2) is 14.0. The van der Waals surface area contributed by atoms with E-state index in [4.69, 9.17) is 14.2 Å². The number of amides is 2. The molecule has 45 heavy (non-hydrogen) atoms. The maximum absolute atomic E-state index is 14.2. The Balaban J connectivity index is 1.65. The zero-order chi connectivity index (χ0) is 32.0. The quantitative estimate of drug-likeness (QED) is 0.327. The molecule has 1 unspecified atom stereocenters. The second-order valence-electron chi connectivity index (χ2n) is 12.1. The first kappa shape index (κ1) is 31.8. The van der Waals surface area contributed by atoms with Gasteiger partial charge in [-0.25, -0.2) is 4.79 Å². The second-order valence-corrected chi connectivity index (χ2v) is 12.1. The van der Waals surface area contributed by atoms with Crippen LogP contribution in [0.2, 0.25) is 0 Å². The number of fused-ring (bicyclic) bond motifs is 1. The molecule has 9 nitrogen and oxygen atoms in total. The summed E-state index contributed by atoms with van der Waals surface area (Å²) in [5, 5.41) is 14.4. The van der Waals surface area contributed by atoms with Crippen molar-refractivity contribution in [2.45, 2.75) is 51.0 Å². The zero-order valence-electron chi connectivity index (χ0n) is 26.2. The molecule has 2 atom stereocenters. The van der Waals surface area contributed by atoms with E-state index in [9.17, 15) is 14.7 Å². The fourth-order valence-electron chi connectivity index (χ4n) is 5.73. The van der Waals surface area contributed by atoms with Crippen LogP contribution in [0.15, 0.2) is 114 Å². The van der Waals surface area contributed by atoms with Crippen molar-refractivity contribution in [1.29, 1.82) is 0 Å². The first-order valence-electron chi connectivity index (χ1n) is 15.1. The van der Waals surface area contributed by atoms with Gasteiger partial charge in [0.1, 0.15) is 17.9 Å². The lowest BCUT2D eigenvalue weighted by molar-refractivity contribution is -0.134. The van der Waals surface area contributed by atoms with Crippen LogP contribution in [-0.2, 0) is 25.6 Å². The monoisotopic (exact) mass is 611 g/mol. The number of methoxy groups -OCH3 is 1. The van der Waals surface area contributed by atoms with Crippen LogP contribution in [-0.4, -0.2) is 71.5 Å². The van der Waals surface area contributed by atoms with E-state index in [0.29, 0.717) is 19.7 Å². The van der Waals surface area contributed by atoms with Gasteiger partial charge < -0.3 is 29.1 Å². The van der Waals surface area contributed by atoms with Crippen molar-refractivity contribution in [1.82, 2.24) is 15.1 Å². The average Bonchev–Trinajstić information content (AvgIpc) is 3.02. The molecule has 3 aromatic rings. The molecule has 9 heteroatoms. The topological polar surface area (TPSA) is 101 Å². The predicted octanol–water partition coefficient (Wildman–Crippen LogP) is 5.15. The summed E-state index contributed by atoms with van der Waals surface area (Å²) in [6, 6.07) is 29.4. The third-order valence-electron chi connectivity index (χ3n) is 7.72. The number of ether oxygens (including phenoxy) is 3. The molecular weight excluding hydrogens is 570 g/mol. The lowest BCUT2D eigenvalue weighted by Gasteiger charge is -2.48. The molecule has 0 saturated carbocycles. The van der Waals surface area contributed by atoms with Crippen molar-refractivity contribution in [3.05, 3.63) is 131 Å². The smallest absolute Gasteiger partial charge is 0.412 e. The van der Waals surface area contributed by atoms with Gasteiger partial charge in [-0.15, -0.1) is 0 Å². The summed E-state index contributed by atoms with van der Waals surface area (Å²) in [5.41, 5.74) is 2.60. The Hall–Kier alpha value is -4.60. The van der Waals surface area contributed by atoms with Crippen LogP contribution in [0, 0.1) is 0 Å². The zero-order valence-corrected chi connectivity index (χ0v) is 26.2. The number of carbonyl (C=O) groups is 2. The van der Waals surface area contributed by atoms with Crippen LogP contribution in [0.4, 0.5) is 4.79 Å². The van der Waals surface area contributed by atoms with Crippen molar-refractivity contribution in [2.24, 2.45) is 0 Å². The predicted molar refractivity (Wildman–Crippen MR) is 171 cm³/mol. The Morgan fingerprint density at radius 2 is 1.53 bits per heavy atom. The Morgan fingerprint density at radius 1 is 0.956 bits per heavy atom. The van der Waals surface area contributed by atoms with Gasteiger partial charge in [0, 0.05) is 32.3 Å². The lowest BCUT2D eigenvalue weighted by Crippen LogP contribution is -2.58. The number of carbonyl (C=O) groups excluding carboxylic acids is 2. The summed E-state index contributed by atoms with van der Waals surface area (Å²) in [6.07, 6.45) is -0.497. The van der Waals surface area contributed by atoms with Gasteiger partial charge in [-0.2, -0.15) is 0 Å². The van der Waals surface area contributed by atoms with E-state index in [1.54, 1.807) is 39.0 Å². The SMILES string of the molecule is COCCN1C[C@H](C(c2ccccc2)c2ccccc2)N2C=C(NC(=O)OC(C)(C)C)C(O)C(OCc3ccccc3)=C2C1=O. The number of benzene rings is 3. The largest absolute Gasteiger partial charge is 0.488 e. The van der Waals surface area contributed by atoms with Crippen molar-refractivity contribution in [3.8, 4) is 0 Å². The van der Waals surface area contributed by atoms with Crippen molar-refractivity contribution < 1.29 is 28.9 Å². The molecule has 3 aromatic carbocycles. The van der Waals surface area contributed by atoms with Gasteiger partial charge in [0.25, 0.3) is 5.91 Å². The number of aliphatic hydroxyl groups excluding tert-OH is 1. The number of rotatable bonds is 10. The first-order chi connectivity index (χ1) is 21.7. The summed E-state index contributed by atoms with van der Waals surface area (Å²) >= 11 is 0. The van der Waals surface area contributed by atoms with Gasteiger partial charge in [0.05, 0.1) is 18.3 Å². The van der Waals surface area contributed by atoms with Crippen LogP contribution < -0.4 is 5.32 Å². The van der Waals surface area contributed by atoms with Gasteiger partial charge in [-0.05, 0) is 37.5 Å². The Kier molecular flexibility index (Phi) is 9.90. The molecule has 0 radical (unpaired) electrons. The van der Waals surface area contributed by atoms with E-state index >= 15 is 0 Å². The fraction of sp³-hybridized carbons (Fsp3) is 0.333. The highest BCUT2D eigenvalue weighted by molar-refractivity contribution is 5.95. The molecule has 1 fully saturated rings. The molecule has 2 aliphatic rings. The Morgan fingerprint density at radius 3 is 2.09 bits per heavy atom. The van der Waals surface area contributed by atoms with Gasteiger partial charge in [-0.1, -0.05) is 91.0 Å². The minimum absolute atomic E-state index is 0.0596. The van der Waals surface area contributed by atoms with Crippen LogP contribution in [0.1, 0.15) is 43.4 Å². The number of aliphatic hydroxyl groups is 1. The minimum Gasteiger partial charge on any atom is -0.488 e. The third kappa shape index (κ3) is 7.56. The van der Waals surface area contributed by atoms with E-state index < -0.39 is 17.8 Å². The summed E-state index contributed by atoms with van der Waals surface area (Å²) in [7, 11) is 1.60. The molecule has 236 valence electrons. The first-order valence-corrected chi connectivity index (χ1v) is 15.1. The lowest BCUT2D eigenvalue weighted by atomic mass is 9.82. The molecule has 0 spiro atoms. The third-order valence-corrected chi connectivity index (χ3v) is 7.72. The van der Waals surface area contributed by atoms with Crippen molar-refractivity contribution in [3.63, 3.8) is 0 Å². The number of nitrogens with one attached hydrogen (secondary N) is 1. The van der Waals surface area contributed by atoms with Crippen molar-refractivity contribution >= 4 is 12.0 Å². The standard InChI is InChI=1S/C36H41N3O6/c1-36(2,3)45-35(42)37-28-22-39-29(30(26-16-10-6-11-17-26)27-18-12-7-13-19-27)23-38(20-21-43-4)34(41)31(39)33(32(28)40)44-24-25-14-8-5-9-15-25/h5-19,22,29-30,32,40H,20-21,23-24H2,1-4H3,(H,37,42)/t29-,32?/m1/s1.